The zero-order valence-electron chi connectivity index (χ0n) is 17.7. The number of rotatable bonds is 11. The van der Waals surface area contributed by atoms with Crippen molar-refractivity contribution in [1.82, 2.24) is 14.8 Å². The minimum atomic E-state index is -4.00. The molecule has 12 heteroatoms. The van der Waals surface area contributed by atoms with Crippen molar-refractivity contribution in [3.8, 4) is 5.75 Å². The number of benzene rings is 2. The van der Waals surface area contributed by atoms with Crippen LogP contribution in [0.3, 0.4) is 0 Å². The van der Waals surface area contributed by atoms with E-state index in [1.165, 1.54) is 37.4 Å². The van der Waals surface area contributed by atoms with Gasteiger partial charge in [-0.2, -0.15) is 0 Å². The van der Waals surface area contributed by atoms with Gasteiger partial charge in [-0.3, -0.25) is 0 Å². The minimum absolute atomic E-state index is 0.0716. The fourth-order valence-electron chi connectivity index (χ4n) is 2.70. The Balaban J connectivity index is 1.97. The third-order valence-electron chi connectivity index (χ3n) is 4.40. The van der Waals surface area contributed by atoms with Gasteiger partial charge in [0.1, 0.15) is 10.6 Å². The SMILES string of the molecule is CCCCNC(=O)NS(=O)(=O)c1ccc(CCNS(=O)(=O)c2cc(Cl)ccc2OC)cc1. The number of ether oxygens (including phenoxy) is 1. The Morgan fingerprint density at radius 3 is 2.31 bits per heavy atom. The topological polar surface area (TPSA) is 131 Å². The van der Waals surface area contributed by atoms with Gasteiger partial charge in [0.25, 0.3) is 10.0 Å². The van der Waals surface area contributed by atoms with Crippen LogP contribution < -0.4 is 19.5 Å². The number of hydrogen-bond acceptors (Lipinski definition) is 6. The van der Waals surface area contributed by atoms with Crippen LogP contribution in [-0.4, -0.2) is 43.1 Å². The Bertz CT molecular complexity index is 1140. The lowest BCUT2D eigenvalue weighted by Crippen LogP contribution is -2.39. The highest BCUT2D eigenvalue weighted by atomic mass is 35.5. The van der Waals surface area contributed by atoms with Crippen molar-refractivity contribution in [2.75, 3.05) is 20.2 Å². The number of carbonyl (C=O) groups is 1. The van der Waals surface area contributed by atoms with Crippen LogP contribution in [0.4, 0.5) is 4.79 Å². The Morgan fingerprint density at radius 1 is 1.00 bits per heavy atom. The Kier molecular flexibility index (Phi) is 9.32. The van der Waals surface area contributed by atoms with Gasteiger partial charge in [0, 0.05) is 18.1 Å². The number of methoxy groups -OCH3 is 1. The van der Waals surface area contributed by atoms with Crippen LogP contribution in [0.15, 0.2) is 52.3 Å². The van der Waals surface area contributed by atoms with Crippen molar-refractivity contribution in [1.29, 1.82) is 0 Å². The molecule has 0 atom stereocenters. The molecule has 0 heterocycles. The molecule has 0 spiro atoms. The van der Waals surface area contributed by atoms with E-state index in [-0.39, 0.29) is 27.1 Å². The van der Waals surface area contributed by atoms with Crippen LogP contribution in [0.1, 0.15) is 25.3 Å². The van der Waals surface area contributed by atoms with Crippen molar-refractivity contribution < 1.29 is 26.4 Å². The molecule has 0 aliphatic carbocycles. The van der Waals surface area contributed by atoms with Gasteiger partial charge in [-0.05, 0) is 48.7 Å². The van der Waals surface area contributed by atoms with Crippen LogP contribution in [0.5, 0.6) is 5.75 Å². The molecule has 3 N–H and O–H groups in total. The van der Waals surface area contributed by atoms with Crippen LogP contribution in [0.2, 0.25) is 5.02 Å². The zero-order valence-corrected chi connectivity index (χ0v) is 20.1. The summed E-state index contributed by atoms with van der Waals surface area (Å²) in [5.74, 6) is 0.169. The second-order valence-electron chi connectivity index (χ2n) is 6.80. The van der Waals surface area contributed by atoms with E-state index < -0.39 is 26.1 Å². The van der Waals surface area contributed by atoms with Gasteiger partial charge in [-0.15, -0.1) is 0 Å². The molecule has 0 aliphatic rings. The molecule has 32 heavy (non-hydrogen) atoms. The number of unbranched alkanes of at least 4 members (excludes halogenated alkanes) is 1. The number of carbonyl (C=O) groups excluding carboxylic acids is 1. The summed E-state index contributed by atoms with van der Waals surface area (Å²) >= 11 is 5.90. The third-order valence-corrected chi connectivity index (χ3v) is 7.46. The summed E-state index contributed by atoms with van der Waals surface area (Å²) in [4.78, 5) is 11.6. The molecule has 0 saturated heterocycles. The maximum absolute atomic E-state index is 12.6. The first-order valence-corrected chi connectivity index (χ1v) is 13.2. The van der Waals surface area contributed by atoms with Crippen LogP contribution >= 0.6 is 11.6 Å². The Labute approximate surface area is 193 Å². The minimum Gasteiger partial charge on any atom is -0.495 e. The summed E-state index contributed by atoms with van der Waals surface area (Å²) in [6.07, 6.45) is 1.93. The first-order valence-electron chi connectivity index (χ1n) is 9.82. The average Bonchev–Trinajstić information content (AvgIpc) is 2.74. The van der Waals surface area contributed by atoms with E-state index in [1.54, 1.807) is 12.1 Å². The van der Waals surface area contributed by atoms with E-state index in [9.17, 15) is 21.6 Å². The molecule has 0 saturated carbocycles. The van der Waals surface area contributed by atoms with Gasteiger partial charge < -0.3 is 10.1 Å². The molecule has 0 radical (unpaired) electrons. The maximum atomic E-state index is 12.6. The molecule has 0 unspecified atom stereocenters. The standard InChI is InChI=1S/C20H26ClN3O6S2/c1-3-4-12-22-20(25)24-31(26,27)17-8-5-15(6-9-17)11-13-23-32(28,29)19-14-16(21)7-10-18(19)30-2/h5-10,14,23H,3-4,11-13H2,1-2H3,(H2,22,24,25). The van der Waals surface area contributed by atoms with E-state index >= 15 is 0 Å². The maximum Gasteiger partial charge on any atom is 0.328 e. The number of urea groups is 1. The van der Waals surface area contributed by atoms with Crippen molar-refractivity contribution in [2.24, 2.45) is 0 Å². The molecule has 2 aromatic carbocycles. The van der Waals surface area contributed by atoms with Gasteiger partial charge in [0.15, 0.2) is 0 Å². The van der Waals surface area contributed by atoms with Crippen molar-refractivity contribution in [3.05, 3.63) is 53.1 Å². The zero-order chi connectivity index (χ0) is 23.8. The molecule has 9 nitrogen and oxygen atoms in total. The second kappa shape index (κ2) is 11.5. The molecule has 2 rings (SSSR count). The quantitative estimate of drug-likeness (QED) is 0.404. The molecule has 2 amide bonds. The number of nitrogens with one attached hydrogen (secondary N) is 3. The lowest BCUT2D eigenvalue weighted by atomic mass is 10.2. The lowest BCUT2D eigenvalue weighted by molar-refractivity contribution is 0.245. The molecule has 0 aromatic heterocycles. The molecular weight excluding hydrogens is 478 g/mol. The van der Waals surface area contributed by atoms with Crippen molar-refractivity contribution >= 4 is 37.7 Å². The van der Waals surface area contributed by atoms with Crippen LogP contribution in [0, 0.1) is 0 Å². The first-order chi connectivity index (χ1) is 15.1. The summed E-state index contributed by atoms with van der Waals surface area (Å²) in [5, 5.41) is 2.74. The van der Waals surface area contributed by atoms with Crippen molar-refractivity contribution in [3.63, 3.8) is 0 Å². The average molecular weight is 504 g/mol. The van der Waals surface area contributed by atoms with Gasteiger partial charge in [-0.25, -0.2) is 31.1 Å². The second-order valence-corrected chi connectivity index (χ2v) is 10.7. The normalized spacial score (nSPS) is 11.7. The first kappa shape index (κ1) is 25.9. The van der Waals surface area contributed by atoms with E-state index in [1.807, 2.05) is 11.6 Å². The number of hydrogen-bond donors (Lipinski definition) is 3. The molecule has 0 aliphatic heterocycles. The van der Waals surface area contributed by atoms with Gasteiger partial charge in [0.05, 0.1) is 12.0 Å². The highest BCUT2D eigenvalue weighted by Crippen LogP contribution is 2.26. The Hall–Kier alpha value is -2.34. The number of halogens is 1. The van der Waals surface area contributed by atoms with Gasteiger partial charge >= 0.3 is 6.03 Å². The smallest absolute Gasteiger partial charge is 0.328 e. The fourth-order valence-corrected chi connectivity index (χ4v) is 5.09. The number of amides is 2. The van der Waals surface area contributed by atoms with Crippen molar-refractivity contribution in [2.45, 2.75) is 36.0 Å². The van der Waals surface area contributed by atoms with Gasteiger partial charge in [-0.1, -0.05) is 37.1 Å². The highest BCUT2D eigenvalue weighted by Gasteiger charge is 2.20. The van der Waals surface area contributed by atoms with E-state index in [4.69, 9.17) is 16.3 Å². The van der Waals surface area contributed by atoms with E-state index in [2.05, 4.69) is 10.0 Å². The Morgan fingerprint density at radius 2 is 1.69 bits per heavy atom. The van der Waals surface area contributed by atoms with Gasteiger partial charge in [0.2, 0.25) is 10.0 Å². The van der Waals surface area contributed by atoms with Crippen LogP contribution in [-0.2, 0) is 26.5 Å². The molecule has 0 bridgehead atoms. The molecular formula is C20H26ClN3O6S2. The summed E-state index contributed by atoms with van der Waals surface area (Å²) in [7, 11) is -6.50. The summed E-state index contributed by atoms with van der Waals surface area (Å²) in [6.45, 7) is 2.41. The molecule has 0 fully saturated rings. The van der Waals surface area contributed by atoms with Crippen LogP contribution in [0.25, 0.3) is 0 Å². The third kappa shape index (κ3) is 7.37. The predicted molar refractivity (Wildman–Crippen MR) is 122 cm³/mol. The fraction of sp³-hybridized carbons (Fsp3) is 0.350. The van der Waals surface area contributed by atoms with E-state index in [0.29, 0.717) is 18.5 Å². The molecule has 176 valence electrons. The highest BCUT2D eigenvalue weighted by molar-refractivity contribution is 7.90. The summed E-state index contributed by atoms with van der Waals surface area (Å²) in [5.41, 5.74) is 0.706. The monoisotopic (exact) mass is 503 g/mol. The lowest BCUT2D eigenvalue weighted by Gasteiger charge is -2.11. The largest absolute Gasteiger partial charge is 0.495 e. The molecule has 2 aromatic rings. The van der Waals surface area contributed by atoms with E-state index in [0.717, 1.165) is 12.8 Å². The number of sulfonamides is 2. The summed E-state index contributed by atoms with van der Waals surface area (Å²) in [6, 6.07) is 9.32. The summed E-state index contributed by atoms with van der Waals surface area (Å²) < 4.78 is 59.2. The predicted octanol–water partition coefficient (Wildman–Crippen LogP) is 2.66.